The Balaban J connectivity index is 2.31. The molecule has 2 aliphatic rings. The molecule has 0 saturated heterocycles. The van der Waals surface area contributed by atoms with Gasteiger partial charge < -0.3 is 5.11 Å². The van der Waals surface area contributed by atoms with Crippen LogP contribution in [0, 0.1) is 17.8 Å². The Hall–Kier alpha value is -0.560. The number of aliphatic hydroxyl groups excluding tert-OH is 1. The predicted octanol–water partition coefficient (Wildman–Crippen LogP) is 2.92. The number of hydrogen-bond donors (Lipinski definition) is 1. The van der Waals surface area contributed by atoms with Gasteiger partial charge in [0.1, 0.15) is 0 Å². The zero-order valence-electron chi connectivity index (χ0n) is 9.11. The molecule has 0 aliphatic heterocycles. The van der Waals surface area contributed by atoms with Crippen LogP contribution in [0.3, 0.4) is 0 Å². The van der Waals surface area contributed by atoms with Crippen LogP contribution in [-0.4, -0.2) is 11.2 Å². The van der Waals surface area contributed by atoms with Crippen LogP contribution in [0.1, 0.15) is 33.1 Å². The molecule has 2 aliphatic carbocycles. The van der Waals surface area contributed by atoms with E-state index in [9.17, 15) is 5.11 Å². The fourth-order valence-electron chi connectivity index (χ4n) is 3.03. The maximum Gasteiger partial charge on any atom is 0.0614 e. The van der Waals surface area contributed by atoms with Gasteiger partial charge in [-0.15, -0.1) is 0 Å². The molecule has 0 spiro atoms. The molecule has 0 heterocycles. The lowest BCUT2D eigenvalue weighted by molar-refractivity contribution is 0.0652. The highest BCUT2D eigenvalue weighted by molar-refractivity contribution is 5.30. The number of allylic oxidation sites excluding steroid dienone is 3. The van der Waals surface area contributed by atoms with Crippen LogP contribution in [0.5, 0.6) is 0 Å². The molecule has 0 amide bonds. The summed E-state index contributed by atoms with van der Waals surface area (Å²) < 4.78 is 0. The molecule has 0 aromatic rings. The lowest BCUT2D eigenvalue weighted by Crippen LogP contribution is -2.36. The average molecular weight is 192 g/mol. The Bertz CT molecular complexity index is 264. The van der Waals surface area contributed by atoms with E-state index >= 15 is 0 Å². The van der Waals surface area contributed by atoms with Crippen LogP contribution >= 0.6 is 0 Å². The molecule has 2 rings (SSSR count). The molecule has 14 heavy (non-hydrogen) atoms. The zero-order chi connectivity index (χ0) is 10.1. The summed E-state index contributed by atoms with van der Waals surface area (Å²) in [4.78, 5) is 0. The van der Waals surface area contributed by atoms with Crippen molar-refractivity contribution in [3.8, 4) is 0 Å². The molecule has 0 bridgehead atoms. The third-order valence-corrected chi connectivity index (χ3v) is 3.84. The van der Waals surface area contributed by atoms with Crippen LogP contribution < -0.4 is 0 Å². The van der Waals surface area contributed by atoms with Gasteiger partial charge in [0.15, 0.2) is 0 Å². The molecule has 1 nitrogen and oxygen atoms in total. The van der Waals surface area contributed by atoms with E-state index in [1.54, 1.807) is 0 Å². The van der Waals surface area contributed by atoms with E-state index in [2.05, 4.69) is 32.1 Å². The monoisotopic (exact) mass is 192 g/mol. The summed E-state index contributed by atoms with van der Waals surface area (Å²) in [5.74, 6) is 1.67. The summed E-state index contributed by atoms with van der Waals surface area (Å²) in [7, 11) is 0. The summed E-state index contributed by atoms with van der Waals surface area (Å²) in [5, 5.41) is 10.0. The third kappa shape index (κ3) is 1.54. The smallest absolute Gasteiger partial charge is 0.0614 e. The van der Waals surface area contributed by atoms with Crippen molar-refractivity contribution in [3.05, 3.63) is 23.8 Å². The minimum atomic E-state index is -0.104. The molecular formula is C13H20O. The van der Waals surface area contributed by atoms with E-state index in [-0.39, 0.29) is 6.10 Å². The molecular weight excluding hydrogens is 172 g/mol. The van der Waals surface area contributed by atoms with Gasteiger partial charge in [0.25, 0.3) is 0 Å². The first kappa shape index (κ1) is 9.97. The molecule has 4 atom stereocenters. The van der Waals surface area contributed by atoms with E-state index in [0.29, 0.717) is 17.8 Å². The highest BCUT2D eigenvalue weighted by atomic mass is 16.3. The fourth-order valence-corrected chi connectivity index (χ4v) is 3.03. The van der Waals surface area contributed by atoms with Gasteiger partial charge in [0.05, 0.1) is 6.10 Å². The Labute approximate surface area is 86.5 Å². The molecule has 78 valence electrons. The van der Waals surface area contributed by atoms with Crippen LogP contribution in [0.2, 0.25) is 0 Å². The fraction of sp³-hybridized carbons (Fsp3) is 0.692. The van der Waals surface area contributed by atoms with Gasteiger partial charge in [0, 0.05) is 5.92 Å². The first-order valence-corrected chi connectivity index (χ1v) is 5.80. The molecule has 1 N–H and O–H groups in total. The second-order valence-electron chi connectivity index (χ2n) is 4.66. The number of hydrogen-bond acceptors (Lipinski definition) is 1. The van der Waals surface area contributed by atoms with Crippen LogP contribution in [0.25, 0.3) is 0 Å². The van der Waals surface area contributed by atoms with Gasteiger partial charge in [-0.2, -0.15) is 0 Å². The Morgan fingerprint density at radius 3 is 3.00 bits per heavy atom. The van der Waals surface area contributed by atoms with E-state index in [0.717, 1.165) is 12.8 Å². The first-order chi connectivity index (χ1) is 6.74. The Morgan fingerprint density at radius 1 is 1.50 bits per heavy atom. The van der Waals surface area contributed by atoms with Gasteiger partial charge in [0.2, 0.25) is 0 Å². The van der Waals surface area contributed by atoms with Crippen molar-refractivity contribution in [2.24, 2.45) is 17.8 Å². The molecule has 1 heteroatoms. The van der Waals surface area contributed by atoms with Crippen molar-refractivity contribution in [2.75, 3.05) is 0 Å². The molecule has 0 saturated carbocycles. The summed E-state index contributed by atoms with van der Waals surface area (Å²) >= 11 is 0. The second-order valence-corrected chi connectivity index (χ2v) is 4.66. The maximum absolute atomic E-state index is 10.0. The third-order valence-electron chi connectivity index (χ3n) is 3.84. The lowest BCUT2D eigenvalue weighted by atomic mass is 9.67. The highest BCUT2D eigenvalue weighted by Gasteiger charge is 2.35. The van der Waals surface area contributed by atoms with E-state index < -0.39 is 0 Å². The number of fused-ring (bicyclic) bond motifs is 1. The van der Waals surface area contributed by atoms with Crippen molar-refractivity contribution < 1.29 is 5.11 Å². The number of rotatable bonds is 1. The SMILES string of the molecule is CC[C@@H]1[C@@H]2C(=CCC[C@@H]2O)C=C[C@@H]1C. The maximum atomic E-state index is 10.0. The highest BCUT2D eigenvalue weighted by Crippen LogP contribution is 2.41. The van der Waals surface area contributed by atoms with Gasteiger partial charge >= 0.3 is 0 Å². The van der Waals surface area contributed by atoms with Crippen molar-refractivity contribution in [1.29, 1.82) is 0 Å². The van der Waals surface area contributed by atoms with Crippen LogP contribution in [-0.2, 0) is 0 Å². The summed E-state index contributed by atoms with van der Waals surface area (Å²) in [6.07, 6.45) is 9.89. The Kier molecular flexibility index (Phi) is 2.78. The van der Waals surface area contributed by atoms with Crippen molar-refractivity contribution in [1.82, 2.24) is 0 Å². The van der Waals surface area contributed by atoms with Gasteiger partial charge in [-0.1, -0.05) is 38.5 Å². The quantitative estimate of drug-likeness (QED) is 0.677. The van der Waals surface area contributed by atoms with Crippen molar-refractivity contribution >= 4 is 0 Å². The van der Waals surface area contributed by atoms with E-state index in [1.807, 2.05) is 0 Å². The topological polar surface area (TPSA) is 20.2 Å². The Morgan fingerprint density at radius 2 is 2.29 bits per heavy atom. The summed E-state index contributed by atoms with van der Waals surface area (Å²) in [6, 6.07) is 0. The second kappa shape index (κ2) is 3.90. The largest absolute Gasteiger partial charge is 0.392 e. The van der Waals surface area contributed by atoms with Gasteiger partial charge in [-0.3, -0.25) is 0 Å². The normalized spacial score (nSPS) is 41.8. The lowest BCUT2D eigenvalue weighted by Gasteiger charge is -2.39. The van der Waals surface area contributed by atoms with Crippen LogP contribution in [0.4, 0.5) is 0 Å². The van der Waals surface area contributed by atoms with Gasteiger partial charge in [-0.25, -0.2) is 0 Å². The molecule has 0 unspecified atom stereocenters. The molecule has 0 aromatic carbocycles. The molecule has 0 fully saturated rings. The minimum absolute atomic E-state index is 0.104. The standard InChI is InChI=1S/C13H20O/c1-3-11-9(2)7-8-10-5-4-6-12(14)13(10)11/h5,7-9,11-14H,3-4,6H2,1-2H3/t9-,11-,12-,13-/m0/s1. The average Bonchev–Trinajstić information content (AvgIpc) is 2.19. The van der Waals surface area contributed by atoms with Crippen molar-refractivity contribution in [2.45, 2.75) is 39.2 Å². The summed E-state index contributed by atoms with van der Waals surface area (Å²) in [5.41, 5.74) is 1.38. The van der Waals surface area contributed by atoms with E-state index in [1.165, 1.54) is 12.0 Å². The zero-order valence-corrected chi connectivity index (χ0v) is 9.11. The molecule has 0 radical (unpaired) electrons. The summed E-state index contributed by atoms with van der Waals surface area (Å²) in [6.45, 7) is 4.50. The van der Waals surface area contributed by atoms with Crippen LogP contribution in [0.15, 0.2) is 23.8 Å². The van der Waals surface area contributed by atoms with Gasteiger partial charge in [-0.05, 0) is 30.3 Å². The predicted molar refractivity (Wildman–Crippen MR) is 58.9 cm³/mol. The number of aliphatic hydroxyl groups is 1. The van der Waals surface area contributed by atoms with E-state index in [4.69, 9.17) is 0 Å². The first-order valence-electron chi connectivity index (χ1n) is 5.80. The van der Waals surface area contributed by atoms with Crippen molar-refractivity contribution in [3.63, 3.8) is 0 Å². The minimum Gasteiger partial charge on any atom is -0.392 e. The molecule has 0 aromatic heterocycles.